The fourth-order valence-corrected chi connectivity index (χ4v) is 3.38. The van der Waals surface area contributed by atoms with Crippen molar-refractivity contribution in [2.75, 3.05) is 13.2 Å². The van der Waals surface area contributed by atoms with E-state index in [0.29, 0.717) is 13.2 Å². The van der Waals surface area contributed by atoms with E-state index in [0.717, 1.165) is 29.3 Å². The van der Waals surface area contributed by atoms with Gasteiger partial charge in [-0.25, -0.2) is 4.39 Å². The van der Waals surface area contributed by atoms with Crippen LogP contribution in [0.5, 0.6) is 0 Å². The van der Waals surface area contributed by atoms with Gasteiger partial charge in [0.15, 0.2) is 0 Å². The lowest BCUT2D eigenvalue weighted by Crippen LogP contribution is -2.32. The zero-order valence-corrected chi connectivity index (χ0v) is 15.8. The molecule has 4 rings (SSSR count). The van der Waals surface area contributed by atoms with Gasteiger partial charge >= 0.3 is 0 Å². The highest BCUT2D eigenvalue weighted by atomic mass is 35.5. The van der Waals surface area contributed by atoms with Gasteiger partial charge in [0.25, 0.3) is 5.91 Å². The van der Waals surface area contributed by atoms with Crippen LogP contribution in [0.1, 0.15) is 33.3 Å². The number of amides is 1. The quantitative estimate of drug-likeness (QED) is 0.710. The number of hydrogen-bond donors (Lipinski definition) is 1. The molecule has 2 heterocycles. The van der Waals surface area contributed by atoms with Gasteiger partial charge < -0.3 is 10.1 Å². The van der Waals surface area contributed by atoms with Crippen LogP contribution >= 0.6 is 11.6 Å². The third-order valence-corrected chi connectivity index (χ3v) is 4.99. The second-order valence-corrected chi connectivity index (χ2v) is 7.08. The third-order valence-electron chi connectivity index (χ3n) is 4.68. The second kappa shape index (κ2) is 8.12. The molecule has 0 unspecified atom stereocenters. The van der Waals surface area contributed by atoms with Gasteiger partial charge in [-0.1, -0.05) is 41.9 Å². The monoisotopic (exact) mass is 399 g/mol. The summed E-state index contributed by atoms with van der Waals surface area (Å²) in [5, 5.41) is 7.45. The van der Waals surface area contributed by atoms with Crippen LogP contribution in [0.3, 0.4) is 0 Å². The number of aromatic nitrogens is 2. The van der Waals surface area contributed by atoms with E-state index in [1.165, 1.54) is 12.1 Å². The van der Waals surface area contributed by atoms with Crippen molar-refractivity contribution in [2.24, 2.45) is 0 Å². The second-order valence-electron chi connectivity index (χ2n) is 6.67. The molecule has 0 radical (unpaired) electrons. The lowest BCUT2D eigenvalue weighted by atomic mass is 10.1. The van der Waals surface area contributed by atoms with Crippen molar-refractivity contribution in [3.8, 4) is 0 Å². The van der Waals surface area contributed by atoms with E-state index >= 15 is 0 Å². The predicted molar refractivity (Wildman–Crippen MR) is 104 cm³/mol. The van der Waals surface area contributed by atoms with E-state index in [4.69, 9.17) is 16.3 Å². The summed E-state index contributed by atoms with van der Waals surface area (Å²) in [6.45, 7) is 1.51. The largest absolute Gasteiger partial charge is 0.370 e. The third kappa shape index (κ3) is 4.08. The predicted octanol–water partition coefficient (Wildman–Crippen LogP) is 3.77. The average Bonchev–Trinajstić information content (AvgIpc) is 3.12. The van der Waals surface area contributed by atoms with Crippen LogP contribution in [0, 0.1) is 5.82 Å². The first-order valence-electron chi connectivity index (χ1n) is 9.05. The lowest BCUT2D eigenvalue weighted by Gasteiger charge is -2.22. The molecule has 5 nitrogen and oxygen atoms in total. The van der Waals surface area contributed by atoms with Gasteiger partial charge in [0.2, 0.25) is 0 Å². The summed E-state index contributed by atoms with van der Waals surface area (Å²) >= 11 is 5.66. The topological polar surface area (TPSA) is 56.1 Å². The highest BCUT2D eigenvalue weighted by molar-refractivity contribution is 6.30. The van der Waals surface area contributed by atoms with Gasteiger partial charge in [-0.05, 0) is 35.7 Å². The fraction of sp³-hybridized carbons (Fsp3) is 0.238. The molecule has 28 heavy (non-hydrogen) atoms. The smallest absolute Gasteiger partial charge is 0.251 e. The van der Waals surface area contributed by atoms with E-state index in [9.17, 15) is 9.18 Å². The van der Waals surface area contributed by atoms with Crippen molar-refractivity contribution in [1.29, 1.82) is 0 Å². The minimum atomic E-state index is -0.620. The molecule has 1 amide bonds. The molecule has 0 spiro atoms. The summed E-state index contributed by atoms with van der Waals surface area (Å²) in [6, 6.07) is 14.1. The molecule has 0 aliphatic carbocycles. The van der Waals surface area contributed by atoms with Crippen molar-refractivity contribution in [2.45, 2.75) is 19.1 Å². The van der Waals surface area contributed by atoms with Crippen LogP contribution in [0.15, 0.2) is 54.7 Å². The Morgan fingerprint density at radius 2 is 2.11 bits per heavy atom. The van der Waals surface area contributed by atoms with Gasteiger partial charge in [-0.15, -0.1) is 0 Å². The SMILES string of the molecule is O=C(NC[C@H]1OCCc2cn(Cc3ccccc3)nc21)c1ccc(Cl)c(F)c1. The number of carbonyl (C=O) groups excluding carboxylic acids is 1. The minimum Gasteiger partial charge on any atom is -0.370 e. The molecule has 144 valence electrons. The highest BCUT2D eigenvalue weighted by Gasteiger charge is 2.25. The maximum Gasteiger partial charge on any atom is 0.251 e. The molecule has 0 fully saturated rings. The van der Waals surface area contributed by atoms with Gasteiger partial charge in [-0.3, -0.25) is 9.48 Å². The van der Waals surface area contributed by atoms with Crippen LogP contribution in [0.25, 0.3) is 0 Å². The molecule has 2 aromatic carbocycles. The Bertz CT molecular complexity index is 991. The number of hydrogen-bond acceptors (Lipinski definition) is 3. The Morgan fingerprint density at radius 3 is 2.89 bits per heavy atom. The summed E-state index contributed by atoms with van der Waals surface area (Å²) in [7, 11) is 0. The van der Waals surface area contributed by atoms with Crippen molar-refractivity contribution >= 4 is 17.5 Å². The molecule has 7 heteroatoms. The molecule has 0 saturated heterocycles. The van der Waals surface area contributed by atoms with Crippen LogP contribution in [0.4, 0.5) is 4.39 Å². The molecule has 0 bridgehead atoms. The summed E-state index contributed by atoms with van der Waals surface area (Å²) in [5.74, 6) is -1.000. The van der Waals surface area contributed by atoms with Crippen molar-refractivity contribution in [1.82, 2.24) is 15.1 Å². The summed E-state index contributed by atoms with van der Waals surface area (Å²) in [6.07, 6.45) is 2.49. The molecule has 1 aliphatic heterocycles. The standard InChI is InChI=1S/C21H19ClFN3O2/c22-17-7-6-15(10-18(17)23)21(27)24-11-19-20-16(8-9-28-19)13-26(25-20)12-14-4-2-1-3-5-14/h1-7,10,13,19H,8-9,11-12H2,(H,24,27)/t19-/m1/s1. The molecule has 0 saturated carbocycles. The molecular formula is C21H19ClFN3O2. The molecule has 1 aliphatic rings. The molecule has 1 atom stereocenters. The van der Waals surface area contributed by atoms with Crippen molar-refractivity contribution in [3.63, 3.8) is 0 Å². The lowest BCUT2D eigenvalue weighted by molar-refractivity contribution is 0.0383. The number of rotatable bonds is 5. The number of nitrogens with one attached hydrogen (secondary N) is 1. The van der Waals surface area contributed by atoms with E-state index in [2.05, 4.69) is 22.5 Å². The van der Waals surface area contributed by atoms with Gasteiger partial charge in [0.1, 0.15) is 11.9 Å². The van der Waals surface area contributed by atoms with E-state index in [1.807, 2.05) is 29.1 Å². The van der Waals surface area contributed by atoms with E-state index in [1.54, 1.807) is 0 Å². The number of fused-ring (bicyclic) bond motifs is 1. The molecular weight excluding hydrogens is 381 g/mol. The number of halogens is 2. The zero-order valence-electron chi connectivity index (χ0n) is 15.1. The first-order chi connectivity index (χ1) is 13.6. The van der Waals surface area contributed by atoms with Crippen LogP contribution < -0.4 is 5.32 Å². The Hall–Kier alpha value is -2.70. The Morgan fingerprint density at radius 1 is 1.29 bits per heavy atom. The summed E-state index contributed by atoms with van der Waals surface area (Å²) < 4.78 is 21.3. The van der Waals surface area contributed by atoms with Gasteiger partial charge in [-0.2, -0.15) is 5.10 Å². The van der Waals surface area contributed by atoms with E-state index in [-0.39, 0.29) is 29.1 Å². The molecule has 1 aromatic heterocycles. The van der Waals surface area contributed by atoms with Crippen molar-refractivity contribution in [3.05, 3.63) is 88.0 Å². The number of benzene rings is 2. The van der Waals surface area contributed by atoms with Crippen LogP contribution in [-0.2, 0) is 17.7 Å². The fourth-order valence-electron chi connectivity index (χ4n) is 3.26. The minimum absolute atomic E-state index is 0.0132. The van der Waals surface area contributed by atoms with Crippen LogP contribution in [-0.4, -0.2) is 28.8 Å². The zero-order chi connectivity index (χ0) is 19.5. The van der Waals surface area contributed by atoms with E-state index < -0.39 is 5.82 Å². The number of carbonyl (C=O) groups is 1. The van der Waals surface area contributed by atoms with Gasteiger partial charge in [0.05, 0.1) is 23.9 Å². The molecule has 1 N–H and O–H groups in total. The average molecular weight is 400 g/mol. The Balaban J connectivity index is 1.44. The Kier molecular flexibility index (Phi) is 5.41. The first kappa shape index (κ1) is 18.7. The maximum absolute atomic E-state index is 13.6. The number of ether oxygens (including phenoxy) is 1. The Labute approximate surface area is 167 Å². The highest BCUT2D eigenvalue weighted by Crippen LogP contribution is 2.25. The van der Waals surface area contributed by atoms with Gasteiger partial charge in [0, 0.05) is 18.3 Å². The molecule has 3 aromatic rings. The van der Waals surface area contributed by atoms with Crippen LogP contribution in [0.2, 0.25) is 5.02 Å². The van der Waals surface area contributed by atoms with Crippen molar-refractivity contribution < 1.29 is 13.9 Å². The normalized spacial score (nSPS) is 15.9. The summed E-state index contributed by atoms with van der Waals surface area (Å²) in [5.41, 5.74) is 3.34. The summed E-state index contributed by atoms with van der Waals surface area (Å²) in [4.78, 5) is 12.3. The maximum atomic E-state index is 13.6. The first-order valence-corrected chi connectivity index (χ1v) is 9.43. The number of nitrogens with zero attached hydrogens (tertiary/aromatic N) is 2.